The predicted molar refractivity (Wildman–Crippen MR) is 120 cm³/mol. The number of hydrogen-bond donors (Lipinski definition) is 2. The topological polar surface area (TPSA) is 64.7 Å². The molecule has 2 N–H and O–H groups in total. The molecular weight excluding hydrogens is 376 g/mol. The van der Waals surface area contributed by atoms with Gasteiger partial charge in [-0.15, -0.1) is 0 Å². The maximum Gasteiger partial charge on any atom is 0.321 e. The molecule has 30 heavy (non-hydrogen) atoms. The van der Waals surface area contributed by atoms with Gasteiger partial charge in [0.25, 0.3) is 5.91 Å². The summed E-state index contributed by atoms with van der Waals surface area (Å²) in [5, 5.41) is 5.86. The van der Waals surface area contributed by atoms with Gasteiger partial charge in [-0.05, 0) is 55.8 Å². The number of para-hydroxylation sites is 1. The highest BCUT2D eigenvalue weighted by Gasteiger charge is 2.22. The smallest absolute Gasteiger partial charge is 0.321 e. The van der Waals surface area contributed by atoms with Crippen LogP contribution >= 0.6 is 0 Å². The van der Waals surface area contributed by atoms with Gasteiger partial charge in [-0.25, -0.2) is 4.79 Å². The van der Waals surface area contributed by atoms with Crippen molar-refractivity contribution >= 4 is 23.3 Å². The molecule has 2 aliphatic rings. The number of nitrogens with zero attached hydrogens (tertiary/aromatic N) is 2. The first kappa shape index (κ1) is 20.4. The molecule has 2 aromatic rings. The highest BCUT2D eigenvalue weighted by molar-refractivity contribution is 6.05. The van der Waals surface area contributed by atoms with Crippen LogP contribution in [0, 0.1) is 0 Å². The molecule has 1 heterocycles. The highest BCUT2D eigenvalue weighted by atomic mass is 16.2. The van der Waals surface area contributed by atoms with Gasteiger partial charge in [0.1, 0.15) is 0 Å². The molecule has 1 aliphatic heterocycles. The highest BCUT2D eigenvalue weighted by Crippen LogP contribution is 2.25. The van der Waals surface area contributed by atoms with E-state index in [1.165, 1.54) is 32.1 Å². The minimum absolute atomic E-state index is 0.0942. The Labute approximate surface area is 178 Å². The fourth-order valence-electron chi connectivity index (χ4n) is 4.40. The minimum Gasteiger partial charge on any atom is -0.336 e. The molecule has 6 nitrogen and oxygen atoms in total. The van der Waals surface area contributed by atoms with Crippen LogP contribution in [-0.2, 0) is 6.54 Å². The molecule has 0 bridgehead atoms. The van der Waals surface area contributed by atoms with Gasteiger partial charge < -0.3 is 10.6 Å². The number of urea groups is 1. The zero-order valence-corrected chi connectivity index (χ0v) is 17.6. The second-order valence-electron chi connectivity index (χ2n) is 8.25. The molecule has 3 amide bonds. The first-order valence-corrected chi connectivity index (χ1v) is 10.9. The van der Waals surface area contributed by atoms with Crippen molar-refractivity contribution in [3.8, 4) is 0 Å². The molecule has 0 radical (unpaired) electrons. The Hall–Kier alpha value is -2.86. The summed E-state index contributed by atoms with van der Waals surface area (Å²) in [6, 6.07) is 15.7. The average Bonchev–Trinajstić information content (AvgIpc) is 3.21. The zero-order valence-electron chi connectivity index (χ0n) is 17.6. The number of benzene rings is 2. The van der Waals surface area contributed by atoms with Gasteiger partial charge in [0.05, 0.1) is 0 Å². The third-order valence-electron chi connectivity index (χ3n) is 6.18. The molecule has 0 atom stereocenters. The van der Waals surface area contributed by atoms with Gasteiger partial charge in [-0.1, -0.05) is 37.5 Å². The summed E-state index contributed by atoms with van der Waals surface area (Å²) >= 11 is 0. The summed E-state index contributed by atoms with van der Waals surface area (Å²) in [7, 11) is 2.18. The van der Waals surface area contributed by atoms with E-state index < -0.39 is 0 Å². The molecular formula is C24H30N4O2. The Morgan fingerprint density at radius 3 is 2.53 bits per heavy atom. The molecule has 0 unspecified atom stereocenters. The summed E-state index contributed by atoms with van der Waals surface area (Å²) in [5.41, 5.74) is 3.36. The van der Waals surface area contributed by atoms with Crippen molar-refractivity contribution < 1.29 is 9.59 Å². The largest absolute Gasteiger partial charge is 0.336 e. The Kier molecular flexibility index (Phi) is 6.33. The average molecular weight is 407 g/mol. The molecule has 0 aromatic heterocycles. The van der Waals surface area contributed by atoms with E-state index in [1.54, 1.807) is 17.0 Å². The van der Waals surface area contributed by atoms with E-state index in [-0.39, 0.29) is 11.9 Å². The molecule has 4 rings (SSSR count). The van der Waals surface area contributed by atoms with E-state index in [4.69, 9.17) is 0 Å². The SMILES string of the molecule is CN(Cc1ccccc1NC(=O)c1ccc(N2CCNC2=O)cc1)C1CCCCC1. The maximum absolute atomic E-state index is 12.8. The van der Waals surface area contributed by atoms with Crippen molar-refractivity contribution in [2.24, 2.45) is 0 Å². The summed E-state index contributed by atoms with van der Waals surface area (Å²) < 4.78 is 0. The standard InChI is InChI=1S/C24H30N4O2/c1-27(20-8-3-2-4-9-20)17-19-7-5-6-10-22(19)26-23(29)18-11-13-21(14-12-18)28-16-15-25-24(28)30/h5-7,10-14,20H,2-4,8-9,15-17H2,1H3,(H,25,30)(H,26,29). The summed E-state index contributed by atoms with van der Waals surface area (Å²) in [6.07, 6.45) is 6.47. The van der Waals surface area contributed by atoms with E-state index in [2.05, 4.69) is 28.6 Å². The fraction of sp³-hybridized carbons (Fsp3) is 0.417. The third-order valence-corrected chi connectivity index (χ3v) is 6.18. The molecule has 1 aliphatic carbocycles. The number of carbonyl (C=O) groups excluding carboxylic acids is 2. The van der Waals surface area contributed by atoms with E-state index >= 15 is 0 Å². The van der Waals surface area contributed by atoms with Crippen LogP contribution in [0.2, 0.25) is 0 Å². The van der Waals surface area contributed by atoms with Crippen molar-refractivity contribution in [3.05, 3.63) is 59.7 Å². The fourth-order valence-corrected chi connectivity index (χ4v) is 4.40. The lowest BCUT2D eigenvalue weighted by Crippen LogP contribution is -2.33. The molecule has 0 spiro atoms. The Morgan fingerprint density at radius 2 is 1.83 bits per heavy atom. The molecule has 1 saturated carbocycles. The van der Waals surface area contributed by atoms with Crippen molar-refractivity contribution in [1.82, 2.24) is 10.2 Å². The van der Waals surface area contributed by atoms with Crippen molar-refractivity contribution in [1.29, 1.82) is 0 Å². The number of hydrogen-bond acceptors (Lipinski definition) is 3. The monoisotopic (exact) mass is 406 g/mol. The van der Waals surface area contributed by atoms with E-state index in [9.17, 15) is 9.59 Å². The van der Waals surface area contributed by atoms with Gasteiger partial charge in [0.15, 0.2) is 0 Å². The second-order valence-corrected chi connectivity index (χ2v) is 8.25. The number of anilines is 2. The number of rotatable bonds is 6. The van der Waals surface area contributed by atoms with E-state index in [1.807, 2.05) is 30.3 Å². The van der Waals surface area contributed by atoms with Crippen LogP contribution in [0.25, 0.3) is 0 Å². The summed E-state index contributed by atoms with van der Waals surface area (Å²) in [6.45, 7) is 2.11. The Balaban J connectivity index is 1.42. The quantitative estimate of drug-likeness (QED) is 0.754. The lowest BCUT2D eigenvalue weighted by molar-refractivity contribution is 0.102. The number of nitrogens with one attached hydrogen (secondary N) is 2. The van der Waals surface area contributed by atoms with Gasteiger partial charge >= 0.3 is 6.03 Å². The number of carbonyl (C=O) groups is 2. The van der Waals surface area contributed by atoms with Gasteiger partial charge in [0, 0.05) is 42.6 Å². The molecule has 2 aromatic carbocycles. The van der Waals surface area contributed by atoms with Crippen LogP contribution in [0.3, 0.4) is 0 Å². The van der Waals surface area contributed by atoms with Crippen LogP contribution in [0.4, 0.5) is 16.2 Å². The molecule has 6 heteroatoms. The van der Waals surface area contributed by atoms with E-state index in [0.29, 0.717) is 24.7 Å². The van der Waals surface area contributed by atoms with Crippen LogP contribution in [0.15, 0.2) is 48.5 Å². The molecule has 158 valence electrons. The van der Waals surface area contributed by atoms with Gasteiger partial charge in [0.2, 0.25) is 0 Å². The number of amides is 3. The van der Waals surface area contributed by atoms with Crippen LogP contribution in [-0.4, -0.2) is 43.0 Å². The molecule has 2 fully saturated rings. The van der Waals surface area contributed by atoms with Crippen LogP contribution < -0.4 is 15.5 Å². The van der Waals surface area contributed by atoms with Crippen molar-refractivity contribution in [2.45, 2.75) is 44.7 Å². The maximum atomic E-state index is 12.8. The normalized spacial score (nSPS) is 17.3. The van der Waals surface area contributed by atoms with Gasteiger partial charge in [-0.3, -0.25) is 14.6 Å². The van der Waals surface area contributed by atoms with E-state index in [0.717, 1.165) is 23.5 Å². The molecule has 1 saturated heterocycles. The van der Waals surface area contributed by atoms with Crippen molar-refractivity contribution in [3.63, 3.8) is 0 Å². The second kappa shape index (κ2) is 9.30. The van der Waals surface area contributed by atoms with Crippen molar-refractivity contribution in [2.75, 3.05) is 30.4 Å². The third kappa shape index (κ3) is 4.65. The lowest BCUT2D eigenvalue weighted by Gasteiger charge is -2.31. The lowest BCUT2D eigenvalue weighted by atomic mass is 9.94. The summed E-state index contributed by atoms with van der Waals surface area (Å²) in [4.78, 5) is 28.7. The Bertz CT molecular complexity index is 890. The zero-order chi connectivity index (χ0) is 20.9. The van der Waals surface area contributed by atoms with Crippen LogP contribution in [0.1, 0.15) is 48.0 Å². The summed E-state index contributed by atoms with van der Waals surface area (Å²) in [5.74, 6) is -0.139. The predicted octanol–water partition coefficient (Wildman–Crippen LogP) is 4.23. The minimum atomic E-state index is -0.139. The first-order chi connectivity index (χ1) is 14.6. The van der Waals surface area contributed by atoms with Crippen LogP contribution in [0.5, 0.6) is 0 Å². The Morgan fingerprint density at radius 1 is 1.10 bits per heavy atom. The van der Waals surface area contributed by atoms with Gasteiger partial charge in [-0.2, -0.15) is 0 Å². The first-order valence-electron chi connectivity index (χ1n) is 10.9.